The number of nitrogens with zero attached hydrogens (tertiary/aromatic N) is 2. The smallest absolute Gasteiger partial charge is 0.218 e. The summed E-state index contributed by atoms with van der Waals surface area (Å²) in [4.78, 5) is 2.07. The van der Waals surface area contributed by atoms with Crippen LogP contribution < -0.4 is 4.74 Å². The average molecular weight is 503 g/mol. The second kappa shape index (κ2) is 11.2. The number of ether oxygens (including phenoxy) is 1. The van der Waals surface area contributed by atoms with E-state index in [-0.39, 0.29) is 19.0 Å². The number of sulfonamides is 1. The van der Waals surface area contributed by atoms with E-state index in [0.29, 0.717) is 47.4 Å². The summed E-state index contributed by atoms with van der Waals surface area (Å²) in [6.07, 6.45) is 0.267. The molecule has 2 aromatic rings. The Kier molecular flexibility index (Phi) is 8.80. The van der Waals surface area contributed by atoms with Crippen molar-refractivity contribution in [2.24, 2.45) is 0 Å². The number of likely N-dealkylation sites (tertiary alicyclic amines) is 1. The normalized spacial score (nSPS) is 18.2. The minimum atomic E-state index is -3.69. The number of halogens is 2. The first kappa shape index (κ1) is 25.2. The zero-order valence-electron chi connectivity index (χ0n) is 17.8. The highest BCUT2D eigenvalue weighted by Gasteiger charge is 2.31. The fourth-order valence-corrected chi connectivity index (χ4v) is 5.44. The molecule has 3 rings (SSSR count). The van der Waals surface area contributed by atoms with E-state index in [1.807, 2.05) is 12.1 Å². The lowest BCUT2D eigenvalue weighted by molar-refractivity contribution is 0.167. The van der Waals surface area contributed by atoms with E-state index in [1.165, 1.54) is 4.31 Å². The summed E-state index contributed by atoms with van der Waals surface area (Å²) >= 11 is 12.0. The molecule has 2 N–H and O–H groups in total. The average Bonchev–Trinajstić information content (AvgIpc) is 3.17. The molecule has 1 aliphatic rings. The maximum atomic E-state index is 13.3. The minimum Gasteiger partial charge on any atom is -0.491 e. The first-order chi connectivity index (χ1) is 15.2. The van der Waals surface area contributed by atoms with Crippen molar-refractivity contribution >= 4 is 33.2 Å². The standard InChI is InChI=1S/C22H28Cl2N2O5S/c1-25(32(29,30)15-16-2-7-20(23)21(24)12-16)22(14-26-9-8-18(28)13-26)17-3-5-19(6-4-17)31-11-10-27/h2-7,12,18,22,27-28H,8-11,13-15H2,1H3/t18-,22?/m0/s1. The van der Waals surface area contributed by atoms with Gasteiger partial charge in [-0.1, -0.05) is 41.4 Å². The van der Waals surface area contributed by atoms with Crippen molar-refractivity contribution in [2.75, 3.05) is 39.9 Å². The zero-order valence-corrected chi connectivity index (χ0v) is 20.2. The highest BCUT2D eigenvalue weighted by Crippen LogP contribution is 2.29. The van der Waals surface area contributed by atoms with Gasteiger partial charge in [0.15, 0.2) is 0 Å². The molecule has 0 aliphatic carbocycles. The summed E-state index contributed by atoms with van der Waals surface area (Å²) in [7, 11) is -2.12. The van der Waals surface area contributed by atoms with Gasteiger partial charge in [0.05, 0.1) is 34.6 Å². The molecule has 1 saturated heterocycles. The quantitative estimate of drug-likeness (QED) is 0.518. The molecule has 0 spiro atoms. The summed E-state index contributed by atoms with van der Waals surface area (Å²) in [5.74, 6) is 0.386. The minimum absolute atomic E-state index is 0.0860. The van der Waals surface area contributed by atoms with Gasteiger partial charge >= 0.3 is 0 Å². The van der Waals surface area contributed by atoms with Gasteiger partial charge in [-0.15, -0.1) is 0 Å². The Balaban J connectivity index is 1.84. The number of likely N-dealkylation sites (N-methyl/N-ethyl adjacent to an activating group) is 1. The maximum Gasteiger partial charge on any atom is 0.218 e. The Morgan fingerprint density at radius 3 is 2.50 bits per heavy atom. The van der Waals surface area contributed by atoms with Gasteiger partial charge in [-0.25, -0.2) is 8.42 Å². The van der Waals surface area contributed by atoms with E-state index < -0.39 is 22.2 Å². The molecule has 1 heterocycles. The lowest BCUT2D eigenvalue weighted by Crippen LogP contribution is -2.39. The van der Waals surface area contributed by atoms with Crippen LogP contribution in [0.5, 0.6) is 5.75 Å². The van der Waals surface area contributed by atoms with Crippen molar-refractivity contribution in [3.05, 3.63) is 63.6 Å². The monoisotopic (exact) mass is 502 g/mol. The lowest BCUT2D eigenvalue weighted by Gasteiger charge is -2.31. The summed E-state index contributed by atoms with van der Waals surface area (Å²) < 4.78 is 33.4. The van der Waals surface area contributed by atoms with Gasteiger partial charge in [-0.3, -0.25) is 4.90 Å². The first-order valence-corrected chi connectivity index (χ1v) is 12.7. The molecule has 7 nitrogen and oxygen atoms in total. The highest BCUT2D eigenvalue weighted by atomic mass is 35.5. The molecule has 32 heavy (non-hydrogen) atoms. The van der Waals surface area contributed by atoms with E-state index in [9.17, 15) is 13.5 Å². The Bertz CT molecular complexity index is 1000. The van der Waals surface area contributed by atoms with Crippen LogP contribution in [0.15, 0.2) is 42.5 Å². The molecular formula is C22H28Cl2N2O5S. The van der Waals surface area contributed by atoms with Crippen molar-refractivity contribution in [3.8, 4) is 5.75 Å². The van der Waals surface area contributed by atoms with E-state index in [1.54, 1.807) is 37.4 Å². The summed E-state index contributed by atoms with van der Waals surface area (Å²) in [5, 5.41) is 19.5. The molecule has 1 unspecified atom stereocenters. The molecule has 0 aromatic heterocycles. The van der Waals surface area contributed by atoms with Gasteiger partial charge in [-0.2, -0.15) is 4.31 Å². The number of β-amino-alcohol motifs (C(OH)–C–C–N with tert-alkyl or cyclic N) is 1. The molecular weight excluding hydrogens is 475 g/mol. The molecule has 0 amide bonds. The van der Waals surface area contributed by atoms with E-state index in [0.717, 1.165) is 5.56 Å². The third kappa shape index (κ3) is 6.57. The highest BCUT2D eigenvalue weighted by molar-refractivity contribution is 7.88. The number of aliphatic hydroxyl groups excluding tert-OH is 2. The second-order valence-electron chi connectivity index (χ2n) is 7.88. The van der Waals surface area contributed by atoms with Gasteiger partial charge in [0.25, 0.3) is 0 Å². The number of hydrogen-bond donors (Lipinski definition) is 2. The van der Waals surface area contributed by atoms with Crippen LogP contribution in [0.25, 0.3) is 0 Å². The molecule has 2 aromatic carbocycles. The fraction of sp³-hybridized carbons (Fsp3) is 0.455. The Hall–Kier alpha value is -1.39. The molecule has 0 bridgehead atoms. The lowest BCUT2D eigenvalue weighted by atomic mass is 10.1. The van der Waals surface area contributed by atoms with Crippen LogP contribution in [0.1, 0.15) is 23.6 Å². The molecule has 10 heteroatoms. The Labute approximate surface area is 199 Å². The van der Waals surface area contributed by atoms with Crippen molar-refractivity contribution in [2.45, 2.75) is 24.3 Å². The molecule has 1 aliphatic heterocycles. The van der Waals surface area contributed by atoms with Gasteiger partial charge in [0.1, 0.15) is 12.4 Å². The number of aliphatic hydroxyl groups is 2. The second-order valence-corrected chi connectivity index (χ2v) is 10.7. The Morgan fingerprint density at radius 1 is 1.19 bits per heavy atom. The molecule has 2 atom stereocenters. The van der Waals surface area contributed by atoms with Gasteiger partial charge in [0, 0.05) is 26.7 Å². The third-order valence-corrected chi connectivity index (χ3v) is 8.08. The van der Waals surface area contributed by atoms with E-state index in [4.69, 9.17) is 33.0 Å². The number of benzene rings is 2. The predicted octanol–water partition coefficient (Wildman–Crippen LogP) is 2.93. The molecule has 1 fully saturated rings. The molecule has 176 valence electrons. The number of rotatable bonds is 10. The first-order valence-electron chi connectivity index (χ1n) is 10.3. The van der Waals surface area contributed by atoms with Crippen LogP contribution in [0.2, 0.25) is 10.0 Å². The fourth-order valence-electron chi connectivity index (χ4n) is 3.74. The van der Waals surface area contributed by atoms with Crippen LogP contribution in [-0.4, -0.2) is 73.8 Å². The zero-order chi connectivity index (χ0) is 23.3. The van der Waals surface area contributed by atoms with Crippen LogP contribution >= 0.6 is 23.2 Å². The predicted molar refractivity (Wildman–Crippen MR) is 126 cm³/mol. The van der Waals surface area contributed by atoms with E-state index >= 15 is 0 Å². The van der Waals surface area contributed by atoms with Crippen molar-refractivity contribution < 1.29 is 23.4 Å². The maximum absolute atomic E-state index is 13.3. The van der Waals surface area contributed by atoms with Crippen LogP contribution in [0.3, 0.4) is 0 Å². The van der Waals surface area contributed by atoms with Crippen molar-refractivity contribution in [1.29, 1.82) is 0 Å². The van der Waals surface area contributed by atoms with Gasteiger partial charge in [-0.05, 0) is 41.8 Å². The third-order valence-electron chi connectivity index (χ3n) is 5.51. The van der Waals surface area contributed by atoms with Crippen molar-refractivity contribution in [3.63, 3.8) is 0 Å². The van der Waals surface area contributed by atoms with Crippen LogP contribution in [0, 0.1) is 0 Å². The summed E-state index contributed by atoms with van der Waals surface area (Å²) in [6, 6.07) is 11.5. The van der Waals surface area contributed by atoms with Gasteiger partial charge in [0.2, 0.25) is 10.0 Å². The van der Waals surface area contributed by atoms with Gasteiger partial charge < -0.3 is 14.9 Å². The number of hydrogen-bond acceptors (Lipinski definition) is 6. The van der Waals surface area contributed by atoms with Crippen LogP contribution in [0.4, 0.5) is 0 Å². The largest absolute Gasteiger partial charge is 0.491 e. The summed E-state index contributed by atoms with van der Waals surface area (Å²) in [5.41, 5.74) is 1.36. The van der Waals surface area contributed by atoms with Crippen LogP contribution in [-0.2, 0) is 15.8 Å². The van der Waals surface area contributed by atoms with E-state index in [2.05, 4.69) is 4.90 Å². The summed E-state index contributed by atoms with van der Waals surface area (Å²) in [6.45, 7) is 1.76. The SMILES string of the molecule is CN(C(CN1CC[C@H](O)C1)c1ccc(OCCO)cc1)S(=O)(=O)Cc1ccc(Cl)c(Cl)c1. The Morgan fingerprint density at radius 2 is 1.91 bits per heavy atom. The van der Waals surface area contributed by atoms with Crippen molar-refractivity contribution in [1.82, 2.24) is 9.21 Å². The topological polar surface area (TPSA) is 90.3 Å². The molecule has 0 saturated carbocycles. The molecule has 0 radical (unpaired) electrons.